The van der Waals surface area contributed by atoms with E-state index in [4.69, 9.17) is 14.4 Å². The van der Waals surface area contributed by atoms with Gasteiger partial charge in [0.05, 0.1) is 39.1 Å². The molecule has 0 spiro atoms. The van der Waals surface area contributed by atoms with E-state index < -0.39 is 0 Å². The van der Waals surface area contributed by atoms with Crippen molar-refractivity contribution in [1.82, 2.24) is 14.5 Å². The maximum atomic E-state index is 6.84. The Balaban J connectivity index is 1.08. The first-order chi connectivity index (χ1) is 25.8. The molecule has 4 aromatic heterocycles. The van der Waals surface area contributed by atoms with Crippen LogP contribution in [0, 0.1) is 0 Å². The van der Waals surface area contributed by atoms with Crippen molar-refractivity contribution in [2.75, 3.05) is 0 Å². The summed E-state index contributed by atoms with van der Waals surface area (Å²) in [6.45, 7) is 0. The Kier molecular flexibility index (Phi) is 6.22. The third-order valence-electron chi connectivity index (χ3n) is 10.4. The number of nitrogens with zero attached hydrogens (tertiary/aromatic N) is 3. The molecule has 242 valence electrons. The zero-order valence-electron chi connectivity index (χ0n) is 28.0. The van der Waals surface area contributed by atoms with E-state index in [2.05, 4.69) is 162 Å². The minimum atomic E-state index is 0.829. The fourth-order valence-electron chi connectivity index (χ4n) is 7.86. The molecule has 0 saturated heterocycles. The van der Waals surface area contributed by atoms with E-state index in [-0.39, 0.29) is 0 Å². The number of hydrogen-bond acceptors (Lipinski definition) is 3. The normalized spacial score (nSPS) is 11.8. The molecular weight excluding hydrogens is 635 g/mol. The summed E-state index contributed by atoms with van der Waals surface area (Å²) in [5.41, 5.74) is 13.1. The SMILES string of the molecule is c1ccc(-c2ccc3c4ccccc4n(-c4cccc5c4oc4cc(-c6ccc7ccc8ccc(-c9ccccc9)nc8c7n6)ccc45)c3c2)cc1. The van der Waals surface area contributed by atoms with Crippen LogP contribution in [-0.4, -0.2) is 14.5 Å². The third-order valence-corrected chi connectivity index (χ3v) is 10.4. The summed E-state index contributed by atoms with van der Waals surface area (Å²) in [5, 5.41) is 6.72. The van der Waals surface area contributed by atoms with Crippen LogP contribution in [0.25, 0.3) is 105 Å². The summed E-state index contributed by atoms with van der Waals surface area (Å²) in [7, 11) is 0. The Morgan fingerprint density at radius 2 is 0.981 bits per heavy atom. The van der Waals surface area contributed by atoms with Gasteiger partial charge in [-0.1, -0.05) is 133 Å². The molecular formula is C48H29N3O. The van der Waals surface area contributed by atoms with E-state index in [1.54, 1.807) is 0 Å². The number of benzene rings is 7. The summed E-state index contributed by atoms with van der Waals surface area (Å²) in [6.07, 6.45) is 0. The monoisotopic (exact) mass is 663 g/mol. The van der Waals surface area contributed by atoms with E-state index in [0.717, 1.165) is 83.0 Å². The molecule has 0 aliphatic heterocycles. The Morgan fingerprint density at radius 3 is 1.75 bits per heavy atom. The number of para-hydroxylation sites is 2. The second-order valence-electron chi connectivity index (χ2n) is 13.4. The van der Waals surface area contributed by atoms with Crippen LogP contribution < -0.4 is 0 Å². The largest absolute Gasteiger partial charge is 0.454 e. The topological polar surface area (TPSA) is 43.9 Å². The molecule has 7 aromatic carbocycles. The molecule has 0 bridgehead atoms. The van der Waals surface area contributed by atoms with Gasteiger partial charge in [-0.05, 0) is 53.6 Å². The summed E-state index contributed by atoms with van der Waals surface area (Å²) in [6, 6.07) is 61.9. The lowest BCUT2D eigenvalue weighted by Crippen LogP contribution is -1.94. The van der Waals surface area contributed by atoms with Gasteiger partial charge in [0.2, 0.25) is 0 Å². The van der Waals surface area contributed by atoms with Gasteiger partial charge in [-0.3, -0.25) is 0 Å². The number of fused-ring (bicyclic) bond motifs is 9. The number of rotatable bonds is 4. The zero-order valence-corrected chi connectivity index (χ0v) is 28.0. The highest BCUT2D eigenvalue weighted by atomic mass is 16.3. The van der Waals surface area contributed by atoms with E-state index >= 15 is 0 Å². The van der Waals surface area contributed by atoms with Gasteiger partial charge >= 0.3 is 0 Å². The minimum absolute atomic E-state index is 0.829. The smallest absolute Gasteiger partial charge is 0.159 e. The average Bonchev–Trinajstić information content (AvgIpc) is 3.76. The molecule has 0 atom stereocenters. The lowest BCUT2D eigenvalue weighted by Gasteiger charge is -2.09. The van der Waals surface area contributed by atoms with Gasteiger partial charge in [0, 0.05) is 43.4 Å². The molecule has 4 heterocycles. The van der Waals surface area contributed by atoms with Crippen molar-refractivity contribution < 1.29 is 4.42 Å². The number of hydrogen-bond donors (Lipinski definition) is 0. The summed E-state index contributed by atoms with van der Waals surface area (Å²) in [5.74, 6) is 0. The molecule has 0 aliphatic rings. The van der Waals surface area contributed by atoms with Crippen LogP contribution >= 0.6 is 0 Å². The first-order valence-corrected chi connectivity index (χ1v) is 17.6. The van der Waals surface area contributed by atoms with Crippen LogP contribution in [0.15, 0.2) is 180 Å². The van der Waals surface area contributed by atoms with Gasteiger partial charge in [-0.2, -0.15) is 0 Å². The molecule has 0 fully saturated rings. The Bertz CT molecular complexity index is 3180. The predicted octanol–water partition coefficient (Wildman–Crippen LogP) is 12.8. The van der Waals surface area contributed by atoms with Gasteiger partial charge in [0.15, 0.2) is 5.58 Å². The van der Waals surface area contributed by atoms with E-state index in [1.807, 2.05) is 18.2 Å². The summed E-state index contributed by atoms with van der Waals surface area (Å²) >= 11 is 0. The Morgan fingerprint density at radius 1 is 0.385 bits per heavy atom. The highest BCUT2D eigenvalue weighted by Crippen LogP contribution is 2.40. The number of aromatic nitrogens is 3. The Hall–Kier alpha value is -7.04. The molecule has 0 saturated carbocycles. The predicted molar refractivity (Wildman–Crippen MR) is 215 cm³/mol. The van der Waals surface area contributed by atoms with Gasteiger partial charge in [0.1, 0.15) is 5.58 Å². The fourth-order valence-corrected chi connectivity index (χ4v) is 7.86. The average molecular weight is 664 g/mol. The van der Waals surface area contributed by atoms with Crippen LogP contribution in [0.1, 0.15) is 0 Å². The Labute approximate surface area is 298 Å². The molecule has 0 radical (unpaired) electrons. The van der Waals surface area contributed by atoms with Crippen LogP contribution in [0.5, 0.6) is 0 Å². The van der Waals surface area contributed by atoms with Gasteiger partial charge in [0.25, 0.3) is 0 Å². The van der Waals surface area contributed by atoms with Crippen molar-refractivity contribution in [2.24, 2.45) is 0 Å². The lowest BCUT2D eigenvalue weighted by molar-refractivity contribution is 0.666. The molecule has 0 aliphatic carbocycles. The van der Waals surface area contributed by atoms with Crippen molar-refractivity contribution in [1.29, 1.82) is 0 Å². The first kappa shape index (κ1) is 28.8. The second kappa shape index (κ2) is 11.2. The third kappa shape index (κ3) is 4.41. The van der Waals surface area contributed by atoms with Crippen molar-refractivity contribution in [2.45, 2.75) is 0 Å². The maximum absolute atomic E-state index is 6.84. The molecule has 0 unspecified atom stereocenters. The molecule has 4 nitrogen and oxygen atoms in total. The van der Waals surface area contributed by atoms with Gasteiger partial charge in [-0.25, -0.2) is 9.97 Å². The summed E-state index contributed by atoms with van der Waals surface area (Å²) in [4.78, 5) is 10.3. The van der Waals surface area contributed by atoms with E-state index in [0.29, 0.717) is 0 Å². The van der Waals surface area contributed by atoms with E-state index in [9.17, 15) is 0 Å². The van der Waals surface area contributed by atoms with Crippen molar-refractivity contribution in [3.8, 4) is 39.3 Å². The molecule has 52 heavy (non-hydrogen) atoms. The maximum Gasteiger partial charge on any atom is 0.159 e. The molecule has 0 amide bonds. The van der Waals surface area contributed by atoms with Crippen LogP contribution in [-0.2, 0) is 0 Å². The van der Waals surface area contributed by atoms with Gasteiger partial charge < -0.3 is 8.98 Å². The van der Waals surface area contributed by atoms with Crippen LogP contribution in [0.2, 0.25) is 0 Å². The van der Waals surface area contributed by atoms with Crippen molar-refractivity contribution in [3.63, 3.8) is 0 Å². The van der Waals surface area contributed by atoms with E-state index in [1.165, 1.54) is 21.9 Å². The zero-order chi connectivity index (χ0) is 34.2. The standard InChI is InChI=1S/C48H29N3O/c1-3-10-30(11-4-1)34-20-24-37-36-14-7-8-16-42(36)51(44(37)28-34)43-17-9-15-39-38-25-21-35(29-45(38)52-48(39)43)41-27-23-33-19-18-32-22-26-40(31-12-5-2-6-13-31)49-46(32)47(33)50-41/h1-29H. The number of pyridine rings is 2. The minimum Gasteiger partial charge on any atom is -0.454 e. The number of furan rings is 1. The first-order valence-electron chi connectivity index (χ1n) is 17.6. The molecule has 11 rings (SSSR count). The van der Waals surface area contributed by atoms with Crippen LogP contribution in [0.3, 0.4) is 0 Å². The van der Waals surface area contributed by atoms with Gasteiger partial charge in [-0.15, -0.1) is 0 Å². The second-order valence-corrected chi connectivity index (χ2v) is 13.4. The highest BCUT2D eigenvalue weighted by Gasteiger charge is 2.19. The van der Waals surface area contributed by atoms with Crippen molar-refractivity contribution >= 4 is 65.6 Å². The highest BCUT2D eigenvalue weighted by molar-refractivity contribution is 6.13. The summed E-state index contributed by atoms with van der Waals surface area (Å²) < 4.78 is 9.20. The molecule has 4 heteroatoms. The molecule has 11 aromatic rings. The van der Waals surface area contributed by atoms with Crippen molar-refractivity contribution in [3.05, 3.63) is 176 Å². The van der Waals surface area contributed by atoms with Crippen LogP contribution in [0.4, 0.5) is 0 Å². The molecule has 0 N–H and O–H groups in total. The fraction of sp³-hybridized carbons (Fsp3) is 0. The lowest BCUT2D eigenvalue weighted by atomic mass is 10.0. The quantitative estimate of drug-likeness (QED) is 0.176.